The van der Waals surface area contributed by atoms with Gasteiger partial charge in [0.2, 0.25) is 0 Å². The Bertz CT molecular complexity index is 137. The lowest BCUT2D eigenvalue weighted by Crippen LogP contribution is -1.98. The van der Waals surface area contributed by atoms with Crippen LogP contribution in [0.1, 0.15) is 25.7 Å². The van der Waals surface area contributed by atoms with Crippen LogP contribution in [0.2, 0.25) is 0 Å². The monoisotopic (exact) mass is 296 g/mol. The lowest BCUT2D eigenvalue weighted by atomic mass is 10.1. The minimum absolute atomic E-state index is 0.291. The minimum Gasteiger partial charge on any atom is -0.299 e. The molecule has 0 aromatic heterocycles. The van der Waals surface area contributed by atoms with Crippen LogP contribution in [0.15, 0.2) is 12.2 Å². The number of carbonyl (C=O) groups is 1. The molecule has 0 radical (unpaired) electrons. The van der Waals surface area contributed by atoms with Crippen molar-refractivity contribution in [3.05, 3.63) is 12.2 Å². The van der Waals surface area contributed by atoms with Gasteiger partial charge in [-0.3, -0.25) is 4.79 Å². The molecule has 0 aromatic rings. The quantitative estimate of drug-likeness (QED) is 0.399. The van der Waals surface area contributed by atoms with Crippen LogP contribution in [0.3, 0.4) is 0 Å². The van der Waals surface area contributed by atoms with E-state index >= 15 is 0 Å². The Balaban J connectivity index is 3.21. The van der Waals surface area contributed by atoms with E-state index in [9.17, 15) is 4.79 Å². The van der Waals surface area contributed by atoms with Crippen molar-refractivity contribution in [3.8, 4) is 0 Å². The zero-order chi connectivity index (χ0) is 9.40. The van der Waals surface area contributed by atoms with Gasteiger partial charge in [0.15, 0.2) is 0 Å². The molecular formula is C9H14Br2O. The summed E-state index contributed by atoms with van der Waals surface area (Å²) in [6, 6.07) is 0. The second-order valence-corrected chi connectivity index (χ2v) is 3.88. The number of allylic oxidation sites excluding steroid dienone is 1. The van der Waals surface area contributed by atoms with Gasteiger partial charge in [0.1, 0.15) is 5.78 Å². The second kappa shape index (κ2) is 7.99. The molecule has 0 atom stereocenters. The zero-order valence-corrected chi connectivity index (χ0v) is 10.3. The predicted molar refractivity (Wildman–Crippen MR) is 60.2 cm³/mol. The summed E-state index contributed by atoms with van der Waals surface area (Å²) in [6.45, 7) is 3.87. The number of Topliss-reactive ketones (excluding diaryl/α,β-unsaturated/α-hetero) is 1. The highest BCUT2D eigenvalue weighted by molar-refractivity contribution is 9.09. The van der Waals surface area contributed by atoms with E-state index < -0.39 is 0 Å². The van der Waals surface area contributed by atoms with Crippen molar-refractivity contribution < 1.29 is 4.79 Å². The first-order valence-electron chi connectivity index (χ1n) is 4.01. The number of carbonyl (C=O) groups excluding carboxylic acids is 1. The van der Waals surface area contributed by atoms with Gasteiger partial charge in [-0.05, 0) is 19.3 Å². The van der Waals surface area contributed by atoms with Crippen LogP contribution in [-0.4, -0.2) is 16.4 Å². The maximum absolute atomic E-state index is 10.8. The molecule has 0 aromatic carbocycles. The van der Waals surface area contributed by atoms with Gasteiger partial charge in [-0.25, -0.2) is 0 Å². The Labute approximate surface area is 90.9 Å². The topological polar surface area (TPSA) is 17.1 Å². The van der Waals surface area contributed by atoms with Crippen LogP contribution < -0.4 is 0 Å². The van der Waals surface area contributed by atoms with Crippen LogP contribution in [0.4, 0.5) is 0 Å². The van der Waals surface area contributed by atoms with Gasteiger partial charge in [0.05, 0.1) is 5.33 Å². The van der Waals surface area contributed by atoms with Crippen LogP contribution in [-0.2, 0) is 4.79 Å². The number of rotatable bonds is 7. The Morgan fingerprint density at radius 3 is 2.17 bits per heavy atom. The first-order chi connectivity index (χ1) is 5.70. The van der Waals surface area contributed by atoms with Crippen molar-refractivity contribution in [3.63, 3.8) is 0 Å². The highest BCUT2D eigenvalue weighted by Gasteiger charge is 1.98. The van der Waals surface area contributed by atoms with Gasteiger partial charge in [-0.15, -0.1) is 0 Å². The van der Waals surface area contributed by atoms with E-state index in [1.165, 1.54) is 5.57 Å². The number of unbranched alkanes of at least 4 members (excludes halogenated alkanes) is 1. The summed E-state index contributed by atoms with van der Waals surface area (Å²) in [6.07, 6.45) is 3.78. The first kappa shape index (κ1) is 12.4. The minimum atomic E-state index is 0.291. The molecular weight excluding hydrogens is 284 g/mol. The maximum Gasteiger partial charge on any atom is 0.143 e. The summed E-state index contributed by atoms with van der Waals surface area (Å²) in [7, 11) is 0. The SMILES string of the molecule is C=C(CBr)CCCCC(=O)CBr. The van der Waals surface area contributed by atoms with Crippen LogP contribution >= 0.6 is 31.9 Å². The molecule has 0 saturated heterocycles. The molecule has 0 unspecified atom stereocenters. The number of halogens is 2. The van der Waals surface area contributed by atoms with Gasteiger partial charge >= 0.3 is 0 Å². The molecule has 0 heterocycles. The van der Waals surface area contributed by atoms with Crippen molar-refractivity contribution >= 4 is 37.6 Å². The zero-order valence-electron chi connectivity index (χ0n) is 7.11. The van der Waals surface area contributed by atoms with E-state index in [2.05, 4.69) is 38.4 Å². The van der Waals surface area contributed by atoms with Gasteiger partial charge < -0.3 is 0 Å². The standard InChI is InChI=1S/C9H14Br2O/c1-8(6-10)4-2-3-5-9(12)7-11/h1-7H2. The molecule has 0 fully saturated rings. The molecule has 0 rings (SSSR count). The lowest BCUT2D eigenvalue weighted by molar-refractivity contribution is -0.116. The molecule has 0 aliphatic rings. The first-order valence-corrected chi connectivity index (χ1v) is 6.25. The fraction of sp³-hybridized carbons (Fsp3) is 0.667. The Morgan fingerprint density at radius 2 is 1.67 bits per heavy atom. The predicted octanol–water partition coefficient (Wildman–Crippen LogP) is 3.46. The van der Waals surface area contributed by atoms with Crippen molar-refractivity contribution in [2.24, 2.45) is 0 Å². The molecule has 0 amide bonds. The fourth-order valence-electron chi connectivity index (χ4n) is 0.831. The molecule has 0 saturated carbocycles. The fourth-order valence-corrected chi connectivity index (χ4v) is 1.39. The number of ketones is 1. The van der Waals surface area contributed by atoms with Crippen molar-refractivity contribution in [2.75, 3.05) is 10.7 Å². The van der Waals surface area contributed by atoms with Gasteiger partial charge in [-0.2, -0.15) is 0 Å². The summed E-state index contributed by atoms with van der Waals surface area (Å²) in [5.74, 6) is 0.291. The molecule has 0 aliphatic carbocycles. The van der Waals surface area contributed by atoms with E-state index in [0.29, 0.717) is 17.5 Å². The summed E-state index contributed by atoms with van der Waals surface area (Å²) >= 11 is 6.47. The van der Waals surface area contributed by atoms with Crippen LogP contribution in [0.25, 0.3) is 0 Å². The Hall–Kier alpha value is 0.370. The van der Waals surface area contributed by atoms with Crippen LogP contribution in [0, 0.1) is 0 Å². The highest BCUT2D eigenvalue weighted by atomic mass is 79.9. The average molecular weight is 298 g/mol. The average Bonchev–Trinajstić information content (AvgIpc) is 2.11. The van der Waals surface area contributed by atoms with E-state index in [1.807, 2.05) is 0 Å². The molecule has 12 heavy (non-hydrogen) atoms. The van der Waals surface area contributed by atoms with Crippen molar-refractivity contribution in [2.45, 2.75) is 25.7 Å². The second-order valence-electron chi connectivity index (χ2n) is 2.76. The normalized spacial score (nSPS) is 9.83. The Morgan fingerprint density at radius 1 is 1.08 bits per heavy atom. The van der Waals surface area contributed by atoms with Crippen LogP contribution in [0.5, 0.6) is 0 Å². The van der Waals surface area contributed by atoms with E-state index in [0.717, 1.165) is 24.6 Å². The summed E-state index contributed by atoms with van der Waals surface area (Å²) in [5, 5.41) is 1.37. The summed E-state index contributed by atoms with van der Waals surface area (Å²) in [5.41, 5.74) is 1.21. The number of alkyl halides is 2. The summed E-state index contributed by atoms with van der Waals surface area (Å²) in [4.78, 5) is 10.8. The molecule has 0 N–H and O–H groups in total. The largest absolute Gasteiger partial charge is 0.299 e. The van der Waals surface area contributed by atoms with E-state index in [1.54, 1.807) is 0 Å². The molecule has 0 aliphatic heterocycles. The number of hydrogen-bond acceptors (Lipinski definition) is 1. The van der Waals surface area contributed by atoms with E-state index in [4.69, 9.17) is 0 Å². The third kappa shape index (κ3) is 7.04. The van der Waals surface area contributed by atoms with Crippen molar-refractivity contribution in [1.82, 2.24) is 0 Å². The lowest BCUT2D eigenvalue weighted by Gasteiger charge is -2.00. The smallest absolute Gasteiger partial charge is 0.143 e. The maximum atomic E-state index is 10.8. The number of hydrogen-bond donors (Lipinski definition) is 0. The van der Waals surface area contributed by atoms with Crippen molar-refractivity contribution in [1.29, 1.82) is 0 Å². The molecule has 3 heteroatoms. The summed E-state index contributed by atoms with van der Waals surface area (Å²) < 4.78 is 0. The van der Waals surface area contributed by atoms with E-state index in [-0.39, 0.29) is 0 Å². The molecule has 0 spiro atoms. The Kier molecular flexibility index (Phi) is 8.24. The third-order valence-electron chi connectivity index (χ3n) is 1.57. The third-order valence-corrected chi connectivity index (χ3v) is 2.99. The molecule has 0 bridgehead atoms. The van der Waals surface area contributed by atoms with Gasteiger partial charge in [0, 0.05) is 11.8 Å². The highest BCUT2D eigenvalue weighted by Crippen LogP contribution is 2.09. The molecule has 70 valence electrons. The van der Waals surface area contributed by atoms with Gasteiger partial charge in [-0.1, -0.05) is 44.0 Å². The van der Waals surface area contributed by atoms with Gasteiger partial charge in [0.25, 0.3) is 0 Å². The molecule has 1 nitrogen and oxygen atoms in total.